The van der Waals surface area contributed by atoms with Gasteiger partial charge in [0.2, 0.25) is 5.91 Å². The third kappa shape index (κ3) is 7.30. The Morgan fingerprint density at radius 1 is 1.03 bits per heavy atom. The number of amides is 2. The molecule has 8 nitrogen and oxygen atoms in total. The van der Waals surface area contributed by atoms with E-state index < -0.39 is 41.9 Å². The average Bonchev–Trinajstić information content (AvgIpc) is 2.78. The largest absolute Gasteiger partial charge is 0.459 e. The minimum absolute atomic E-state index is 0.000850. The number of rotatable bonds is 12. The second-order valence-electron chi connectivity index (χ2n) is 9.78. The van der Waals surface area contributed by atoms with Crippen molar-refractivity contribution in [1.29, 1.82) is 0 Å². The normalized spacial score (nSPS) is 20.1. The molecule has 0 spiro atoms. The Morgan fingerprint density at radius 3 is 2.21 bits per heavy atom. The molecule has 34 heavy (non-hydrogen) atoms. The Kier molecular flexibility index (Phi) is 10.1. The molecule has 1 aromatic rings. The molecule has 2 amide bonds. The first-order valence-electron chi connectivity index (χ1n) is 12.1. The minimum Gasteiger partial charge on any atom is -0.459 e. The van der Waals surface area contributed by atoms with Crippen molar-refractivity contribution >= 4 is 23.8 Å². The Bertz CT molecular complexity index is 854. The molecule has 0 bridgehead atoms. The number of carbonyl (C=O) groups excluding carboxylic acids is 4. The zero-order valence-electron chi connectivity index (χ0n) is 21.0. The second kappa shape index (κ2) is 12.5. The Balaban J connectivity index is 2.04. The molecule has 8 heteroatoms. The Morgan fingerprint density at radius 2 is 1.68 bits per heavy atom. The van der Waals surface area contributed by atoms with Gasteiger partial charge in [-0.25, -0.2) is 4.79 Å². The second-order valence-corrected chi connectivity index (χ2v) is 9.78. The molecule has 1 saturated heterocycles. The van der Waals surface area contributed by atoms with E-state index in [4.69, 9.17) is 9.47 Å². The smallest absolute Gasteiger partial charge is 0.329 e. The first-order chi connectivity index (χ1) is 16.0. The van der Waals surface area contributed by atoms with Crippen molar-refractivity contribution in [1.82, 2.24) is 10.6 Å². The zero-order chi connectivity index (χ0) is 25.4. The lowest BCUT2D eigenvalue weighted by Crippen LogP contribution is -2.60. The fourth-order valence-electron chi connectivity index (χ4n) is 3.86. The molecular weight excluding hydrogens is 436 g/mol. The average molecular weight is 475 g/mol. The van der Waals surface area contributed by atoms with Gasteiger partial charge in [-0.15, -0.1) is 0 Å². The molecular formula is C26H38N2O6. The molecule has 0 aromatic heterocycles. The number of hydrogen-bond donors (Lipinski definition) is 2. The van der Waals surface area contributed by atoms with Gasteiger partial charge in [0.25, 0.3) is 5.91 Å². The number of benzene rings is 1. The highest BCUT2D eigenvalue weighted by atomic mass is 16.6. The molecule has 2 rings (SSSR count). The molecule has 1 aliphatic rings. The van der Waals surface area contributed by atoms with Crippen molar-refractivity contribution in [2.75, 3.05) is 0 Å². The van der Waals surface area contributed by atoms with Gasteiger partial charge in [-0.1, -0.05) is 78.3 Å². The van der Waals surface area contributed by atoms with Crippen LogP contribution in [-0.2, 0) is 35.3 Å². The highest BCUT2D eigenvalue weighted by Crippen LogP contribution is 2.31. The molecule has 5 atom stereocenters. The molecule has 1 fully saturated rings. The maximum atomic E-state index is 13.1. The lowest BCUT2D eigenvalue weighted by atomic mass is 9.82. The van der Waals surface area contributed by atoms with Crippen molar-refractivity contribution in [2.45, 2.75) is 79.2 Å². The number of hydrogen-bond acceptors (Lipinski definition) is 6. The summed E-state index contributed by atoms with van der Waals surface area (Å²) in [5.74, 6) is -2.50. The van der Waals surface area contributed by atoms with Gasteiger partial charge in [-0.3, -0.25) is 14.4 Å². The fraction of sp³-hybridized carbons (Fsp3) is 0.615. The fourth-order valence-corrected chi connectivity index (χ4v) is 3.86. The number of ether oxygens (including phenoxy) is 2. The standard InChI is InChI=1S/C26H38N2O6/c1-7-17(6)20-22(34-25(20)31)24(30)27-19(13-15(2)3)23(29)28-21(16(4)5)26(32)33-14-18-11-9-8-10-12-18/h8-12,15-17,19-22H,7,13-14H2,1-6H3,(H,27,30)(H,28,29)/t17-,19-,20-,21-,22+/m0/s1. The van der Waals surface area contributed by atoms with E-state index in [1.165, 1.54) is 0 Å². The Labute approximate surface area is 202 Å². The maximum Gasteiger partial charge on any atom is 0.329 e. The van der Waals surface area contributed by atoms with Gasteiger partial charge < -0.3 is 20.1 Å². The first-order valence-corrected chi connectivity index (χ1v) is 12.1. The van der Waals surface area contributed by atoms with Gasteiger partial charge in [0.1, 0.15) is 24.6 Å². The molecule has 0 saturated carbocycles. The van der Waals surface area contributed by atoms with Crippen LogP contribution in [0.25, 0.3) is 0 Å². The lowest BCUT2D eigenvalue weighted by Gasteiger charge is -2.38. The zero-order valence-corrected chi connectivity index (χ0v) is 21.0. The quantitative estimate of drug-likeness (QED) is 0.451. The molecule has 0 unspecified atom stereocenters. The molecule has 188 valence electrons. The highest BCUT2D eigenvalue weighted by Gasteiger charge is 2.50. The monoisotopic (exact) mass is 474 g/mol. The lowest BCUT2D eigenvalue weighted by molar-refractivity contribution is -0.193. The first kappa shape index (κ1) is 27.3. The predicted molar refractivity (Wildman–Crippen MR) is 127 cm³/mol. The van der Waals surface area contributed by atoms with Crippen LogP contribution >= 0.6 is 0 Å². The van der Waals surface area contributed by atoms with Crippen LogP contribution in [0.4, 0.5) is 0 Å². The van der Waals surface area contributed by atoms with Crippen LogP contribution in [0.1, 0.15) is 59.9 Å². The summed E-state index contributed by atoms with van der Waals surface area (Å²) < 4.78 is 10.5. The van der Waals surface area contributed by atoms with Crippen molar-refractivity contribution in [3.63, 3.8) is 0 Å². The highest BCUT2D eigenvalue weighted by molar-refractivity contribution is 5.97. The predicted octanol–water partition coefficient (Wildman–Crippen LogP) is 2.99. The topological polar surface area (TPSA) is 111 Å². The third-order valence-corrected chi connectivity index (χ3v) is 6.14. The SMILES string of the molecule is CC[C@H](C)[C@@H]1C(=O)O[C@H]1C(=O)N[C@@H](CC(C)C)C(=O)N[C@H](C(=O)OCc1ccccc1)C(C)C. The number of nitrogens with one attached hydrogen (secondary N) is 2. The van der Waals surface area contributed by atoms with Crippen LogP contribution < -0.4 is 10.6 Å². The van der Waals surface area contributed by atoms with E-state index in [0.29, 0.717) is 6.42 Å². The van der Waals surface area contributed by atoms with Crippen LogP contribution in [0.3, 0.4) is 0 Å². The maximum absolute atomic E-state index is 13.1. The summed E-state index contributed by atoms with van der Waals surface area (Å²) >= 11 is 0. The molecule has 0 radical (unpaired) electrons. The number of esters is 2. The van der Waals surface area contributed by atoms with Crippen molar-refractivity contribution in [3.05, 3.63) is 35.9 Å². The molecule has 1 aliphatic heterocycles. The van der Waals surface area contributed by atoms with E-state index in [2.05, 4.69) is 10.6 Å². The van der Waals surface area contributed by atoms with E-state index >= 15 is 0 Å². The van der Waals surface area contributed by atoms with E-state index in [0.717, 1.165) is 12.0 Å². The van der Waals surface area contributed by atoms with Crippen molar-refractivity contribution in [3.8, 4) is 0 Å². The van der Waals surface area contributed by atoms with Crippen LogP contribution in [0, 0.1) is 23.7 Å². The van der Waals surface area contributed by atoms with Gasteiger partial charge in [0.15, 0.2) is 6.10 Å². The van der Waals surface area contributed by atoms with Gasteiger partial charge in [0, 0.05) is 0 Å². The van der Waals surface area contributed by atoms with Gasteiger partial charge >= 0.3 is 11.9 Å². The minimum atomic E-state index is -0.901. The molecule has 2 N–H and O–H groups in total. The molecule has 1 heterocycles. The van der Waals surface area contributed by atoms with E-state index in [1.54, 1.807) is 0 Å². The molecule has 1 aromatic carbocycles. The number of cyclic esters (lactones) is 1. The summed E-state index contributed by atoms with van der Waals surface area (Å²) in [7, 11) is 0. The number of carbonyl (C=O) groups is 4. The van der Waals surface area contributed by atoms with Crippen molar-refractivity contribution < 1.29 is 28.7 Å². The third-order valence-electron chi connectivity index (χ3n) is 6.14. The molecule has 0 aliphatic carbocycles. The van der Waals surface area contributed by atoms with Crippen LogP contribution in [0.2, 0.25) is 0 Å². The van der Waals surface area contributed by atoms with E-state index in [9.17, 15) is 19.2 Å². The summed E-state index contributed by atoms with van der Waals surface area (Å²) in [4.78, 5) is 50.6. The van der Waals surface area contributed by atoms with Gasteiger partial charge in [-0.05, 0) is 29.7 Å². The van der Waals surface area contributed by atoms with Gasteiger partial charge in [-0.2, -0.15) is 0 Å². The Hall–Kier alpha value is -2.90. The van der Waals surface area contributed by atoms with Gasteiger partial charge in [0.05, 0.1) is 0 Å². The van der Waals surface area contributed by atoms with E-state index in [1.807, 2.05) is 71.9 Å². The summed E-state index contributed by atoms with van der Waals surface area (Å²) in [6.07, 6.45) is 0.207. The van der Waals surface area contributed by atoms with E-state index in [-0.39, 0.29) is 30.3 Å². The van der Waals surface area contributed by atoms with Crippen molar-refractivity contribution in [2.24, 2.45) is 23.7 Å². The summed E-state index contributed by atoms with van der Waals surface area (Å²) in [6, 6.07) is 7.56. The van der Waals surface area contributed by atoms with Crippen LogP contribution in [0.5, 0.6) is 0 Å². The summed E-state index contributed by atoms with van der Waals surface area (Å²) in [5.41, 5.74) is 0.848. The summed E-state index contributed by atoms with van der Waals surface area (Å²) in [5, 5.41) is 5.50. The van der Waals surface area contributed by atoms with Crippen LogP contribution in [0.15, 0.2) is 30.3 Å². The van der Waals surface area contributed by atoms with Crippen LogP contribution in [-0.4, -0.2) is 41.9 Å². The summed E-state index contributed by atoms with van der Waals surface area (Å²) in [6.45, 7) is 11.5.